The first kappa shape index (κ1) is 13.9. The van der Waals surface area contributed by atoms with Gasteiger partial charge in [-0.1, -0.05) is 0 Å². The number of hydrogen-bond acceptors (Lipinski definition) is 4. The topological polar surface area (TPSA) is 56.7 Å². The predicted octanol–water partition coefficient (Wildman–Crippen LogP) is 0.768. The van der Waals surface area contributed by atoms with Crippen molar-refractivity contribution < 1.29 is 14.3 Å². The molecule has 0 aromatic carbocycles. The number of halogens is 1. The van der Waals surface area contributed by atoms with Gasteiger partial charge in [0.15, 0.2) is 5.54 Å². The quantitative estimate of drug-likeness (QED) is 0.876. The van der Waals surface area contributed by atoms with Crippen LogP contribution < -0.4 is 0 Å². The molecule has 6 heteroatoms. The van der Waals surface area contributed by atoms with Gasteiger partial charge in [0.2, 0.25) is 0 Å². The Kier molecular flexibility index (Phi) is 3.82. The van der Waals surface area contributed by atoms with E-state index < -0.39 is 17.3 Å². The summed E-state index contributed by atoms with van der Waals surface area (Å²) in [5.74, 6) is -1.42. The van der Waals surface area contributed by atoms with Crippen molar-refractivity contribution in [2.45, 2.75) is 12.5 Å². The molecular weight excluding hydrogens is 249 g/mol. The lowest BCUT2D eigenvalue weighted by Crippen LogP contribution is -2.57. The largest absolute Gasteiger partial charge is 0.480 e. The first-order valence-corrected chi connectivity index (χ1v) is 6.23. The number of piperazine rings is 1. The van der Waals surface area contributed by atoms with Gasteiger partial charge in [-0.3, -0.25) is 9.88 Å². The van der Waals surface area contributed by atoms with E-state index in [1.807, 2.05) is 11.9 Å². The average Bonchev–Trinajstić information content (AvgIpc) is 2.39. The van der Waals surface area contributed by atoms with Crippen LogP contribution in [0.3, 0.4) is 0 Å². The van der Waals surface area contributed by atoms with E-state index in [9.17, 15) is 14.3 Å². The molecule has 0 spiro atoms. The summed E-state index contributed by atoms with van der Waals surface area (Å²) in [6.07, 6.45) is 1.06. The van der Waals surface area contributed by atoms with Crippen LogP contribution >= 0.6 is 0 Å². The number of carboxylic acid groups (broad SMARTS) is 1. The van der Waals surface area contributed by atoms with Crippen LogP contribution in [0.4, 0.5) is 4.39 Å². The number of carbonyl (C=O) groups is 1. The predicted molar refractivity (Wildman–Crippen MR) is 68.3 cm³/mol. The van der Waals surface area contributed by atoms with Crippen molar-refractivity contribution in [1.29, 1.82) is 0 Å². The number of pyridine rings is 1. The van der Waals surface area contributed by atoms with E-state index in [1.165, 1.54) is 12.1 Å². The minimum atomic E-state index is -1.21. The van der Waals surface area contributed by atoms with E-state index >= 15 is 0 Å². The van der Waals surface area contributed by atoms with E-state index in [0.717, 1.165) is 19.3 Å². The third-order valence-electron chi connectivity index (χ3n) is 3.78. The Bertz CT molecular complexity index is 457. The van der Waals surface area contributed by atoms with Crippen molar-refractivity contribution in [3.8, 4) is 0 Å². The van der Waals surface area contributed by atoms with Gasteiger partial charge in [0.05, 0.1) is 11.9 Å². The second-order valence-electron chi connectivity index (χ2n) is 5.03. The van der Waals surface area contributed by atoms with Crippen molar-refractivity contribution in [3.05, 3.63) is 29.8 Å². The Morgan fingerprint density at radius 1 is 1.37 bits per heavy atom. The average molecular weight is 267 g/mol. The van der Waals surface area contributed by atoms with Crippen LogP contribution in [-0.4, -0.2) is 59.1 Å². The Balaban J connectivity index is 2.32. The molecule has 0 radical (unpaired) electrons. The number of rotatable bonds is 3. The molecule has 0 aliphatic carbocycles. The number of likely N-dealkylation sites (N-methyl/N-ethyl adjacent to an activating group) is 1. The van der Waals surface area contributed by atoms with Gasteiger partial charge in [0.1, 0.15) is 5.82 Å². The first-order valence-electron chi connectivity index (χ1n) is 6.23. The Labute approximate surface area is 111 Å². The molecule has 1 aliphatic rings. The van der Waals surface area contributed by atoms with Crippen LogP contribution in [0.25, 0.3) is 0 Å². The van der Waals surface area contributed by atoms with Crippen LogP contribution in [0.1, 0.15) is 12.6 Å². The third kappa shape index (κ3) is 2.59. The van der Waals surface area contributed by atoms with Gasteiger partial charge in [-0.2, -0.15) is 0 Å². The number of carboxylic acids is 1. The fourth-order valence-electron chi connectivity index (χ4n) is 2.32. The van der Waals surface area contributed by atoms with E-state index in [2.05, 4.69) is 9.88 Å². The number of nitrogens with zero attached hydrogens (tertiary/aromatic N) is 3. The zero-order chi connectivity index (χ0) is 14.0. The monoisotopic (exact) mass is 267 g/mol. The zero-order valence-electron chi connectivity index (χ0n) is 11.1. The van der Waals surface area contributed by atoms with Crippen molar-refractivity contribution >= 4 is 5.97 Å². The lowest BCUT2D eigenvalue weighted by Gasteiger charge is -2.42. The summed E-state index contributed by atoms with van der Waals surface area (Å²) >= 11 is 0. The first-order chi connectivity index (χ1) is 8.94. The molecule has 2 rings (SSSR count). The van der Waals surface area contributed by atoms with E-state index in [1.54, 1.807) is 6.92 Å². The lowest BCUT2D eigenvalue weighted by molar-refractivity contribution is -0.153. The highest BCUT2D eigenvalue weighted by atomic mass is 19.1. The Morgan fingerprint density at radius 2 is 2.00 bits per heavy atom. The number of hydrogen-bond donors (Lipinski definition) is 1. The number of aromatic nitrogens is 1. The van der Waals surface area contributed by atoms with Gasteiger partial charge in [-0.15, -0.1) is 0 Å². The van der Waals surface area contributed by atoms with Gasteiger partial charge < -0.3 is 10.0 Å². The number of aliphatic carboxylic acids is 1. The van der Waals surface area contributed by atoms with Gasteiger partial charge in [0.25, 0.3) is 0 Å². The minimum Gasteiger partial charge on any atom is -0.480 e. The summed E-state index contributed by atoms with van der Waals surface area (Å²) in [5.41, 5.74) is -0.847. The molecule has 2 heterocycles. The smallest absolute Gasteiger partial charge is 0.330 e. The molecule has 1 aromatic rings. The maximum atomic E-state index is 12.9. The second kappa shape index (κ2) is 5.22. The summed E-state index contributed by atoms with van der Waals surface area (Å²) in [5, 5.41) is 9.58. The fraction of sp³-hybridized carbons (Fsp3) is 0.538. The van der Waals surface area contributed by atoms with Crippen LogP contribution in [0.5, 0.6) is 0 Å². The molecular formula is C13H18FN3O2. The van der Waals surface area contributed by atoms with Crippen molar-refractivity contribution in [2.24, 2.45) is 0 Å². The molecule has 5 nitrogen and oxygen atoms in total. The van der Waals surface area contributed by atoms with Crippen LogP contribution in [0, 0.1) is 5.82 Å². The van der Waals surface area contributed by atoms with Gasteiger partial charge in [-0.25, -0.2) is 9.18 Å². The molecule has 0 saturated carbocycles. The fourth-order valence-corrected chi connectivity index (χ4v) is 2.32. The summed E-state index contributed by atoms with van der Waals surface area (Å²) in [4.78, 5) is 19.7. The highest BCUT2D eigenvalue weighted by Crippen LogP contribution is 2.28. The van der Waals surface area contributed by atoms with E-state index in [-0.39, 0.29) is 0 Å². The summed E-state index contributed by atoms with van der Waals surface area (Å²) in [6, 6.07) is 2.70. The van der Waals surface area contributed by atoms with Crippen molar-refractivity contribution in [1.82, 2.24) is 14.8 Å². The van der Waals surface area contributed by atoms with Crippen molar-refractivity contribution in [3.63, 3.8) is 0 Å². The lowest BCUT2D eigenvalue weighted by atomic mass is 9.93. The van der Waals surface area contributed by atoms with E-state index in [4.69, 9.17) is 0 Å². The van der Waals surface area contributed by atoms with Crippen molar-refractivity contribution in [2.75, 3.05) is 33.2 Å². The van der Waals surface area contributed by atoms with Crippen LogP contribution in [0.15, 0.2) is 18.3 Å². The minimum absolute atomic E-state index is 0.367. The summed E-state index contributed by atoms with van der Waals surface area (Å²) < 4.78 is 12.9. The second-order valence-corrected chi connectivity index (χ2v) is 5.03. The molecule has 1 fully saturated rings. The molecule has 0 amide bonds. The molecule has 19 heavy (non-hydrogen) atoms. The third-order valence-corrected chi connectivity index (χ3v) is 3.78. The zero-order valence-corrected chi connectivity index (χ0v) is 11.1. The Morgan fingerprint density at radius 3 is 2.47 bits per heavy atom. The van der Waals surface area contributed by atoms with E-state index in [0.29, 0.717) is 18.8 Å². The SMILES string of the molecule is CN1CCN(C(C)(C(=O)O)c2ccc(F)cn2)CC1. The summed E-state index contributed by atoms with van der Waals surface area (Å²) in [7, 11) is 2.01. The van der Waals surface area contributed by atoms with Crippen LogP contribution in [-0.2, 0) is 10.3 Å². The van der Waals surface area contributed by atoms with Gasteiger partial charge in [0, 0.05) is 26.2 Å². The maximum Gasteiger partial charge on any atom is 0.330 e. The molecule has 1 unspecified atom stereocenters. The maximum absolute atomic E-state index is 12.9. The van der Waals surface area contributed by atoms with Crippen LogP contribution in [0.2, 0.25) is 0 Å². The highest BCUT2D eigenvalue weighted by Gasteiger charge is 2.43. The molecule has 104 valence electrons. The molecule has 1 atom stereocenters. The molecule has 1 aromatic heterocycles. The standard InChI is InChI=1S/C13H18FN3O2/c1-13(12(18)19,11-4-3-10(14)9-15-11)17-7-5-16(2)6-8-17/h3-4,9H,5-8H2,1-2H3,(H,18,19). The Hall–Kier alpha value is -1.53. The van der Waals surface area contributed by atoms with Gasteiger partial charge in [-0.05, 0) is 26.1 Å². The van der Waals surface area contributed by atoms with Gasteiger partial charge >= 0.3 is 5.97 Å². The molecule has 1 saturated heterocycles. The molecule has 1 aliphatic heterocycles. The highest BCUT2D eigenvalue weighted by molar-refractivity contribution is 5.79. The molecule has 1 N–H and O–H groups in total. The normalized spacial score (nSPS) is 21.0. The summed E-state index contributed by atoms with van der Waals surface area (Å²) in [6.45, 7) is 4.55. The molecule has 0 bridgehead atoms.